The maximum Gasteiger partial charge on any atom is 0.265 e. The molecule has 0 aliphatic carbocycles. The highest BCUT2D eigenvalue weighted by atomic mass is 16.3. The van der Waals surface area contributed by atoms with E-state index in [9.17, 15) is 9.59 Å². The van der Waals surface area contributed by atoms with Gasteiger partial charge in [-0.15, -0.1) is 0 Å². The zero-order chi connectivity index (χ0) is 19.4. The fourth-order valence-electron chi connectivity index (χ4n) is 3.92. The lowest BCUT2D eigenvalue weighted by Crippen LogP contribution is -2.41. The minimum atomic E-state index is -0.233. The molecule has 1 N–H and O–H groups in total. The molecule has 2 aromatic rings. The van der Waals surface area contributed by atoms with Crippen molar-refractivity contribution < 1.29 is 9.21 Å². The van der Waals surface area contributed by atoms with Crippen molar-refractivity contribution in [1.82, 2.24) is 19.8 Å². The van der Waals surface area contributed by atoms with Gasteiger partial charge in [-0.05, 0) is 46.1 Å². The molecule has 1 atom stereocenters. The highest BCUT2D eigenvalue weighted by molar-refractivity contribution is 5.79. The molecule has 0 bridgehead atoms. The van der Waals surface area contributed by atoms with Crippen molar-refractivity contribution in [1.29, 1.82) is 0 Å². The Labute approximate surface area is 159 Å². The molecule has 3 rings (SSSR count). The third-order valence-corrected chi connectivity index (χ3v) is 5.63. The number of amides is 1. The van der Waals surface area contributed by atoms with Crippen molar-refractivity contribution in [2.45, 2.75) is 65.5 Å². The average molecular weight is 374 g/mol. The molecule has 27 heavy (non-hydrogen) atoms. The molecule has 0 radical (unpaired) electrons. The summed E-state index contributed by atoms with van der Waals surface area (Å²) >= 11 is 0. The van der Waals surface area contributed by atoms with Crippen molar-refractivity contribution in [3.8, 4) is 0 Å². The molecular formula is C20H30N4O3. The van der Waals surface area contributed by atoms with E-state index in [1.165, 1.54) is 36.6 Å². The average Bonchev–Trinajstić information content (AvgIpc) is 2.96. The van der Waals surface area contributed by atoms with Gasteiger partial charge in [-0.2, -0.15) is 0 Å². The predicted octanol–water partition coefficient (Wildman–Crippen LogP) is 2.38. The molecule has 0 unspecified atom stereocenters. The predicted molar refractivity (Wildman–Crippen MR) is 105 cm³/mol. The van der Waals surface area contributed by atoms with Crippen LogP contribution in [0.1, 0.15) is 50.4 Å². The second-order valence-electron chi connectivity index (χ2n) is 7.44. The SMILES string of the molecule is CC[C@H]1CCCCN1CCCNC(=O)Cn1cnc2oc(C)c(C)c2c1=O. The second kappa shape index (κ2) is 8.69. The van der Waals surface area contributed by atoms with Crippen molar-refractivity contribution in [3.05, 3.63) is 28.0 Å². The molecule has 1 aliphatic heterocycles. The van der Waals surface area contributed by atoms with Gasteiger partial charge in [0.15, 0.2) is 0 Å². The Morgan fingerprint density at radius 1 is 1.37 bits per heavy atom. The summed E-state index contributed by atoms with van der Waals surface area (Å²) in [5.74, 6) is 0.515. The van der Waals surface area contributed by atoms with E-state index in [0.717, 1.165) is 25.1 Å². The Kier molecular flexibility index (Phi) is 6.31. The lowest BCUT2D eigenvalue weighted by molar-refractivity contribution is -0.121. The Bertz CT molecular complexity index is 855. The first-order chi connectivity index (χ1) is 13.0. The summed E-state index contributed by atoms with van der Waals surface area (Å²) in [6.45, 7) is 8.66. The number of fused-ring (bicyclic) bond motifs is 1. The normalized spacial score (nSPS) is 18.1. The van der Waals surface area contributed by atoms with Gasteiger partial charge in [0, 0.05) is 24.7 Å². The Morgan fingerprint density at radius 3 is 2.96 bits per heavy atom. The summed E-state index contributed by atoms with van der Waals surface area (Å²) < 4.78 is 6.81. The number of hydrogen-bond acceptors (Lipinski definition) is 5. The highest BCUT2D eigenvalue weighted by Gasteiger charge is 2.20. The number of nitrogens with one attached hydrogen (secondary N) is 1. The topological polar surface area (TPSA) is 80.4 Å². The number of furan rings is 1. The number of carbonyl (C=O) groups excluding carboxylic acids is 1. The fourth-order valence-corrected chi connectivity index (χ4v) is 3.92. The largest absolute Gasteiger partial charge is 0.443 e. The summed E-state index contributed by atoms with van der Waals surface area (Å²) in [7, 11) is 0. The summed E-state index contributed by atoms with van der Waals surface area (Å²) in [6, 6.07) is 0.687. The summed E-state index contributed by atoms with van der Waals surface area (Å²) in [5.41, 5.74) is 0.881. The van der Waals surface area contributed by atoms with Crippen LogP contribution >= 0.6 is 0 Å². The first kappa shape index (κ1) is 19.6. The molecule has 7 nitrogen and oxygen atoms in total. The summed E-state index contributed by atoms with van der Waals surface area (Å²) in [6.07, 6.45) is 7.38. The van der Waals surface area contributed by atoms with E-state index in [-0.39, 0.29) is 18.0 Å². The number of piperidine rings is 1. The molecule has 0 spiro atoms. The number of aryl methyl sites for hydroxylation is 2. The fraction of sp³-hybridized carbons (Fsp3) is 0.650. The summed E-state index contributed by atoms with van der Waals surface area (Å²) in [5, 5.41) is 3.38. The maximum absolute atomic E-state index is 12.6. The zero-order valence-corrected chi connectivity index (χ0v) is 16.6. The standard InChI is InChI=1S/C20H30N4O3/c1-4-16-8-5-6-10-23(16)11-7-9-21-17(25)12-24-13-22-19-18(20(24)26)14(2)15(3)27-19/h13,16H,4-12H2,1-3H3,(H,21,25)/t16-/m0/s1. The van der Waals surface area contributed by atoms with Gasteiger partial charge in [0.2, 0.25) is 11.6 Å². The zero-order valence-electron chi connectivity index (χ0n) is 16.6. The number of carbonyl (C=O) groups is 1. The van der Waals surface area contributed by atoms with E-state index >= 15 is 0 Å². The minimum Gasteiger partial charge on any atom is -0.443 e. The monoisotopic (exact) mass is 374 g/mol. The quantitative estimate of drug-likeness (QED) is 0.753. The smallest absolute Gasteiger partial charge is 0.265 e. The third-order valence-electron chi connectivity index (χ3n) is 5.63. The van der Waals surface area contributed by atoms with E-state index in [0.29, 0.717) is 29.4 Å². The number of aromatic nitrogens is 2. The van der Waals surface area contributed by atoms with Crippen molar-refractivity contribution >= 4 is 17.0 Å². The molecule has 3 heterocycles. The second-order valence-corrected chi connectivity index (χ2v) is 7.44. The molecule has 148 valence electrons. The van der Waals surface area contributed by atoms with Gasteiger partial charge in [-0.25, -0.2) is 4.98 Å². The van der Waals surface area contributed by atoms with E-state index in [4.69, 9.17) is 4.42 Å². The van der Waals surface area contributed by atoms with Gasteiger partial charge in [-0.1, -0.05) is 13.3 Å². The van der Waals surface area contributed by atoms with Crippen LogP contribution in [0, 0.1) is 13.8 Å². The van der Waals surface area contributed by atoms with Crippen molar-refractivity contribution in [2.75, 3.05) is 19.6 Å². The number of rotatable bonds is 7. The van der Waals surface area contributed by atoms with E-state index in [1.807, 2.05) is 6.92 Å². The molecule has 2 aromatic heterocycles. The van der Waals surface area contributed by atoms with Crippen molar-refractivity contribution in [2.24, 2.45) is 0 Å². The Balaban J connectivity index is 1.51. The van der Waals surface area contributed by atoms with Crippen LogP contribution in [0.5, 0.6) is 0 Å². The van der Waals surface area contributed by atoms with Crippen LogP contribution in [0.25, 0.3) is 11.1 Å². The van der Waals surface area contributed by atoms with E-state index in [2.05, 4.69) is 22.1 Å². The van der Waals surface area contributed by atoms with Gasteiger partial charge in [0.1, 0.15) is 24.0 Å². The van der Waals surface area contributed by atoms with Crippen LogP contribution in [0.2, 0.25) is 0 Å². The van der Waals surface area contributed by atoms with Gasteiger partial charge in [-0.3, -0.25) is 14.2 Å². The van der Waals surface area contributed by atoms with Crippen molar-refractivity contribution in [3.63, 3.8) is 0 Å². The number of likely N-dealkylation sites (tertiary alicyclic amines) is 1. The first-order valence-corrected chi connectivity index (χ1v) is 9.97. The molecule has 1 saturated heterocycles. The van der Waals surface area contributed by atoms with Crippen LogP contribution in [0.3, 0.4) is 0 Å². The molecule has 7 heteroatoms. The molecule has 1 fully saturated rings. The highest BCUT2D eigenvalue weighted by Crippen LogP contribution is 2.20. The molecule has 0 aromatic carbocycles. The lowest BCUT2D eigenvalue weighted by Gasteiger charge is -2.35. The molecular weight excluding hydrogens is 344 g/mol. The molecule has 1 amide bonds. The van der Waals surface area contributed by atoms with Crippen LogP contribution in [-0.4, -0.2) is 46.0 Å². The van der Waals surface area contributed by atoms with Crippen LogP contribution in [-0.2, 0) is 11.3 Å². The van der Waals surface area contributed by atoms with Gasteiger partial charge >= 0.3 is 0 Å². The molecule has 1 aliphatic rings. The van der Waals surface area contributed by atoms with E-state index < -0.39 is 0 Å². The van der Waals surface area contributed by atoms with Crippen LogP contribution in [0.4, 0.5) is 0 Å². The van der Waals surface area contributed by atoms with E-state index in [1.54, 1.807) is 6.92 Å². The third kappa shape index (κ3) is 4.40. The van der Waals surface area contributed by atoms with Crippen LogP contribution < -0.4 is 10.9 Å². The molecule has 0 saturated carbocycles. The first-order valence-electron chi connectivity index (χ1n) is 9.97. The Morgan fingerprint density at radius 2 is 2.19 bits per heavy atom. The summed E-state index contributed by atoms with van der Waals surface area (Å²) in [4.78, 5) is 31.5. The van der Waals surface area contributed by atoms with Gasteiger partial charge in [0.05, 0.1) is 0 Å². The number of nitrogens with zero attached hydrogens (tertiary/aromatic N) is 3. The number of hydrogen-bond donors (Lipinski definition) is 1. The Hall–Kier alpha value is -2.15. The van der Waals surface area contributed by atoms with Gasteiger partial charge < -0.3 is 14.6 Å². The van der Waals surface area contributed by atoms with Gasteiger partial charge in [0.25, 0.3) is 5.56 Å². The maximum atomic E-state index is 12.6. The van der Waals surface area contributed by atoms with Crippen LogP contribution in [0.15, 0.2) is 15.5 Å². The minimum absolute atomic E-state index is 0.0211. The lowest BCUT2D eigenvalue weighted by atomic mass is 10.00.